The fourth-order valence-electron chi connectivity index (χ4n) is 8.29. The highest BCUT2D eigenvalue weighted by Gasteiger charge is 2.48. The summed E-state index contributed by atoms with van der Waals surface area (Å²) in [5.41, 5.74) is 11.9. The molecule has 0 amide bonds. The Balaban J connectivity index is 1.26. The fraction of sp³-hybridized carbons (Fsp3) is 0.0200. The smallest absolute Gasteiger partial charge is 0.164 e. The van der Waals surface area contributed by atoms with Gasteiger partial charge in [-0.25, -0.2) is 15.0 Å². The normalized spacial score (nSPS) is 12.7. The van der Waals surface area contributed by atoms with E-state index < -0.39 is 5.41 Å². The molecule has 8 aromatic carbocycles. The maximum absolute atomic E-state index is 5.29. The number of fused-ring (bicyclic) bond motifs is 5. The lowest BCUT2D eigenvalue weighted by atomic mass is 9.66. The van der Waals surface area contributed by atoms with Crippen molar-refractivity contribution < 1.29 is 0 Å². The van der Waals surface area contributed by atoms with Gasteiger partial charge >= 0.3 is 0 Å². The third-order valence-corrected chi connectivity index (χ3v) is 10.6. The second kappa shape index (κ2) is 12.7. The largest absolute Gasteiger partial charge is 0.208 e. The number of aromatic nitrogens is 3. The van der Waals surface area contributed by atoms with Crippen molar-refractivity contribution in [2.75, 3.05) is 0 Å². The SMILES string of the molecule is c1ccc(-c2ccc(-c3nc(-c4ccccc4)nc(-c4cccc5c4-c4ccc6ccccc6c4C5(c4ccccc4)c4ccccc4)n3)cc2)cc1. The Kier molecular flexibility index (Phi) is 7.36. The Hall–Kier alpha value is -6.97. The summed E-state index contributed by atoms with van der Waals surface area (Å²) in [7, 11) is 0. The lowest BCUT2D eigenvalue weighted by molar-refractivity contribution is 0.775. The molecule has 0 aliphatic heterocycles. The maximum Gasteiger partial charge on any atom is 0.164 e. The van der Waals surface area contributed by atoms with Crippen molar-refractivity contribution in [3.8, 4) is 56.4 Å². The van der Waals surface area contributed by atoms with Crippen molar-refractivity contribution in [3.05, 3.63) is 222 Å². The summed E-state index contributed by atoms with van der Waals surface area (Å²) in [6.45, 7) is 0. The molecule has 0 saturated carbocycles. The van der Waals surface area contributed by atoms with Crippen molar-refractivity contribution in [1.82, 2.24) is 15.0 Å². The summed E-state index contributed by atoms with van der Waals surface area (Å²) in [4.78, 5) is 15.6. The molecular formula is C50H33N3. The minimum atomic E-state index is -0.574. The van der Waals surface area contributed by atoms with Gasteiger partial charge < -0.3 is 0 Å². The topological polar surface area (TPSA) is 38.7 Å². The Morgan fingerprint density at radius 2 is 0.811 bits per heavy atom. The molecule has 0 spiro atoms. The van der Waals surface area contributed by atoms with Crippen molar-refractivity contribution >= 4 is 10.8 Å². The molecule has 3 heteroatoms. The van der Waals surface area contributed by atoms with Crippen LogP contribution in [0.5, 0.6) is 0 Å². The highest BCUT2D eigenvalue weighted by atomic mass is 15.0. The van der Waals surface area contributed by atoms with E-state index in [2.05, 4.69) is 176 Å². The van der Waals surface area contributed by atoms with Gasteiger partial charge in [0.1, 0.15) is 0 Å². The van der Waals surface area contributed by atoms with Crippen molar-refractivity contribution in [3.63, 3.8) is 0 Å². The molecule has 0 fully saturated rings. The number of rotatable bonds is 6. The van der Waals surface area contributed by atoms with Gasteiger partial charge in [0.2, 0.25) is 0 Å². The summed E-state index contributed by atoms with van der Waals surface area (Å²) >= 11 is 0. The molecule has 3 nitrogen and oxygen atoms in total. The molecule has 0 atom stereocenters. The van der Waals surface area contributed by atoms with Crippen LogP contribution in [0.4, 0.5) is 0 Å². The lowest BCUT2D eigenvalue weighted by Gasteiger charge is -2.34. The maximum atomic E-state index is 5.29. The zero-order chi connectivity index (χ0) is 35.2. The molecule has 53 heavy (non-hydrogen) atoms. The minimum absolute atomic E-state index is 0.574. The van der Waals surface area contributed by atoms with Crippen molar-refractivity contribution in [2.45, 2.75) is 5.41 Å². The van der Waals surface area contributed by atoms with E-state index in [9.17, 15) is 0 Å². The monoisotopic (exact) mass is 675 g/mol. The fourth-order valence-corrected chi connectivity index (χ4v) is 8.29. The summed E-state index contributed by atoms with van der Waals surface area (Å²) < 4.78 is 0. The summed E-state index contributed by atoms with van der Waals surface area (Å²) in [6.07, 6.45) is 0. The number of hydrogen-bond acceptors (Lipinski definition) is 3. The van der Waals surface area contributed by atoms with Gasteiger partial charge in [0.05, 0.1) is 5.41 Å². The molecule has 0 bridgehead atoms. The van der Waals surface area contributed by atoms with Crippen LogP contribution < -0.4 is 0 Å². The molecule has 1 heterocycles. The standard InChI is InChI=1S/C50H33N3/c1-5-16-34(17-6-1)35-28-30-38(31-29-35)48-51-47(37-19-7-2-8-20-37)52-49(53-48)43-26-15-27-44-45(43)42-33-32-36-18-13-14-25-41(36)46(42)50(44,39-21-9-3-10-22-39)40-23-11-4-12-24-40/h1-33H. The van der Waals surface area contributed by atoms with E-state index in [4.69, 9.17) is 15.0 Å². The van der Waals surface area contributed by atoms with Crippen LogP contribution in [-0.2, 0) is 5.41 Å². The Labute approximate surface area is 309 Å². The Morgan fingerprint density at radius 3 is 1.45 bits per heavy atom. The van der Waals surface area contributed by atoms with Crippen LogP contribution in [-0.4, -0.2) is 15.0 Å². The highest BCUT2D eigenvalue weighted by molar-refractivity contribution is 6.03. The first-order chi connectivity index (χ1) is 26.3. The van der Waals surface area contributed by atoms with E-state index in [0.717, 1.165) is 27.8 Å². The Bertz CT molecular complexity index is 2700. The lowest BCUT2D eigenvalue weighted by Crippen LogP contribution is -2.28. The molecule has 0 saturated heterocycles. The van der Waals surface area contributed by atoms with Crippen LogP contribution in [0.25, 0.3) is 67.2 Å². The summed E-state index contributed by atoms with van der Waals surface area (Å²) in [6, 6.07) is 71.0. The molecule has 10 rings (SSSR count). The van der Waals surface area contributed by atoms with Gasteiger partial charge in [-0.3, -0.25) is 0 Å². The van der Waals surface area contributed by atoms with E-state index >= 15 is 0 Å². The molecule has 248 valence electrons. The molecule has 1 aliphatic carbocycles. The van der Waals surface area contributed by atoms with Gasteiger partial charge in [-0.05, 0) is 55.3 Å². The quantitative estimate of drug-likeness (QED) is 0.176. The second-order valence-electron chi connectivity index (χ2n) is 13.5. The molecule has 0 N–H and O–H groups in total. The molecular weight excluding hydrogens is 643 g/mol. The van der Waals surface area contributed by atoms with Crippen LogP contribution >= 0.6 is 0 Å². The predicted molar refractivity (Wildman–Crippen MR) is 216 cm³/mol. The zero-order valence-electron chi connectivity index (χ0n) is 28.9. The van der Waals surface area contributed by atoms with E-state index in [0.29, 0.717) is 17.5 Å². The van der Waals surface area contributed by atoms with Gasteiger partial charge in [-0.2, -0.15) is 0 Å². The number of benzene rings is 8. The van der Waals surface area contributed by atoms with Crippen LogP contribution in [0.3, 0.4) is 0 Å². The van der Waals surface area contributed by atoms with E-state index in [1.165, 1.54) is 44.2 Å². The second-order valence-corrected chi connectivity index (χ2v) is 13.5. The van der Waals surface area contributed by atoms with Crippen LogP contribution in [0, 0.1) is 0 Å². The van der Waals surface area contributed by atoms with Gasteiger partial charge in [0.25, 0.3) is 0 Å². The molecule has 9 aromatic rings. The molecule has 0 radical (unpaired) electrons. The predicted octanol–water partition coefficient (Wildman–Crippen LogP) is 12.1. The first-order valence-corrected chi connectivity index (χ1v) is 18.0. The first kappa shape index (κ1) is 30.8. The first-order valence-electron chi connectivity index (χ1n) is 18.0. The summed E-state index contributed by atoms with van der Waals surface area (Å²) in [5, 5.41) is 2.45. The van der Waals surface area contributed by atoms with Crippen LogP contribution in [0.1, 0.15) is 22.3 Å². The molecule has 1 aliphatic rings. The average molecular weight is 676 g/mol. The van der Waals surface area contributed by atoms with E-state index in [1.807, 2.05) is 24.3 Å². The number of hydrogen-bond donors (Lipinski definition) is 0. The van der Waals surface area contributed by atoms with Crippen molar-refractivity contribution in [1.29, 1.82) is 0 Å². The minimum Gasteiger partial charge on any atom is -0.208 e. The highest BCUT2D eigenvalue weighted by Crippen LogP contribution is 2.59. The van der Waals surface area contributed by atoms with Gasteiger partial charge in [-0.1, -0.05) is 200 Å². The van der Waals surface area contributed by atoms with E-state index in [1.54, 1.807) is 0 Å². The van der Waals surface area contributed by atoms with Gasteiger partial charge in [0.15, 0.2) is 17.5 Å². The number of nitrogens with zero attached hydrogens (tertiary/aromatic N) is 3. The summed E-state index contributed by atoms with van der Waals surface area (Å²) in [5.74, 6) is 1.93. The van der Waals surface area contributed by atoms with Gasteiger partial charge in [0, 0.05) is 16.7 Å². The van der Waals surface area contributed by atoms with Crippen LogP contribution in [0.15, 0.2) is 200 Å². The van der Waals surface area contributed by atoms with Crippen LogP contribution in [0.2, 0.25) is 0 Å². The zero-order valence-corrected chi connectivity index (χ0v) is 28.9. The van der Waals surface area contributed by atoms with Crippen molar-refractivity contribution in [2.24, 2.45) is 0 Å². The Morgan fingerprint density at radius 1 is 0.321 bits per heavy atom. The van der Waals surface area contributed by atoms with Gasteiger partial charge in [-0.15, -0.1) is 0 Å². The third-order valence-electron chi connectivity index (χ3n) is 10.6. The van der Waals surface area contributed by atoms with E-state index in [-0.39, 0.29) is 0 Å². The third kappa shape index (κ3) is 5.01. The molecule has 1 aromatic heterocycles. The molecule has 0 unspecified atom stereocenters. The average Bonchev–Trinajstić information content (AvgIpc) is 3.57.